The van der Waals surface area contributed by atoms with Crippen LogP contribution in [0.25, 0.3) is 0 Å². The van der Waals surface area contributed by atoms with E-state index in [1.54, 1.807) is 0 Å². The molecule has 2 aromatic rings. The molecule has 0 spiro atoms. The van der Waals surface area contributed by atoms with Crippen molar-refractivity contribution in [2.24, 2.45) is 0 Å². The van der Waals surface area contributed by atoms with Crippen molar-refractivity contribution >= 4 is 0 Å². The van der Waals surface area contributed by atoms with Crippen molar-refractivity contribution in [3.63, 3.8) is 0 Å². The first-order chi connectivity index (χ1) is 9.47. The molecule has 0 saturated heterocycles. The molecule has 1 aromatic carbocycles. The number of methoxy groups -OCH3 is 1. The quantitative estimate of drug-likeness (QED) is 0.931. The predicted octanol–water partition coefficient (Wildman–Crippen LogP) is 3.59. The van der Waals surface area contributed by atoms with Gasteiger partial charge in [0, 0.05) is 6.42 Å². The summed E-state index contributed by atoms with van der Waals surface area (Å²) in [5, 5.41) is 5.61. The van der Waals surface area contributed by atoms with Gasteiger partial charge in [-0.2, -0.15) is 13.2 Å². The van der Waals surface area contributed by atoms with Gasteiger partial charge < -0.3 is 4.74 Å². The number of aromatic nitrogens is 2. The monoisotopic (exact) mass is 284 g/mol. The number of rotatable bonds is 4. The first-order valence-corrected chi connectivity index (χ1v) is 6.22. The maximum absolute atomic E-state index is 13.0. The summed E-state index contributed by atoms with van der Waals surface area (Å²) < 4.78 is 43.8. The van der Waals surface area contributed by atoms with Gasteiger partial charge in [-0.3, -0.25) is 5.10 Å². The molecule has 0 bridgehead atoms. The number of hydrogen-bond donors (Lipinski definition) is 1. The molecule has 0 radical (unpaired) electrons. The van der Waals surface area contributed by atoms with Crippen LogP contribution in [0.4, 0.5) is 13.2 Å². The van der Waals surface area contributed by atoms with Gasteiger partial charge in [-0.05, 0) is 17.5 Å². The highest BCUT2D eigenvalue weighted by molar-refractivity contribution is 5.40. The summed E-state index contributed by atoms with van der Waals surface area (Å²) in [6.07, 6.45) is -3.57. The molecular weight excluding hydrogens is 269 g/mol. The van der Waals surface area contributed by atoms with Crippen molar-refractivity contribution in [3.05, 3.63) is 46.6 Å². The van der Waals surface area contributed by atoms with Gasteiger partial charge in [-0.25, -0.2) is 0 Å². The molecule has 20 heavy (non-hydrogen) atoms. The van der Waals surface area contributed by atoms with Crippen molar-refractivity contribution in [1.82, 2.24) is 10.2 Å². The molecule has 108 valence electrons. The van der Waals surface area contributed by atoms with Crippen molar-refractivity contribution in [1.29, 1.82) is 0 Å². The Kier molecular flexibility index (Phi) is 4.01. The molecule has 0 unspecified atom stereocenters. The zero-order valence-electron chi connectivity index (χ0n) is 11.2. The summed E-state index contributed by atoms with van der Waals surface area (Å²) >= 11 is 0. The second-order valence-electron chi connectivity index (χ2n) is 4.38. The lowest BCUT2D eigenvalue weighted by atomic mass is 9.98. The number of aryl methyl sites for hydroxylation is 1. The van der Waals surface area contributed by atoms with E-state index in [-0.39, 0.29) is 17.9 Å². The van der Waals surface area contributed by atoms with Gasteiger partial charge in [-0.1, -0.05) is 31.2 Å². The third-order valence-electron chi connectivity index (χ3n) is 3.17. The molecule has 0 aliphatic heterocycles. The summed E-state index contributed by atoms with van der Waals surface area (Å²) in [5.41, 5.74) is 1.06. The van der Waals surface area contributed by atoms with Crippen molar-refractivity contribution in [2.75, 3.05) is 7.11 Å². The molecule has 3 nitrogen and oxygen atoms in total. The average Bonchev–Trinajstić information content (AvgIpc) is 2.82. The minimum Gasteiger partial charge on any atom is -0.480 e. The molecule has 0 fully saturated rings. The van der Waals surface area contributed by atoms with E-state index in [4.69, 9.17) is 4.74 Å². The van der Waals surface area contributed by atoms with Gasteiger partial charge >= 0.3 is 6.18 Å². The lowest BCUT2D eigenvalue weighted by Gasteiger charge is -2.11. The number of halogens is 3. The fraction of sp³-hybridized carbons (Fsp3) is 0.357. The van der Waals surface area contributed by atoms with Crippen LogP contribution in [-0.2, 0) is 19.0 Å². The van der Waals surface area contributed by atoms with Crippen LogP contribution < -0.4 is 4.74 Å². The van der Waals surface area contributed by atoms with E-state index in [2.05, 4.69) is 5.10 Å². The molecule has 0 aliphatic rings. The number of ether oxygens (including phenoxy) is 1. The van der Waals surface area contributed by atoms with Crippen LogP contribution in [0.5, 0.6) is 5.88 Å². The van der Waals surface area contributed by atoms with Gasteiger partial charge in [-0.15, -0.1) is 5.10 Å². The number of hydrogen-bond acceptors (Lipinski definition) is 2. The molecule has 1 aromatic heterocycles. The van der Waals surface area contributed by atoms with Crippen LogP contribution in [-0.4, -0.2) is 17.3 Å². The van der Waals surface area contributed by atoms with E-state index < -0.39 is 11.9 Å². The smallest absolute Gasteiger partial charge is 0.433 e. The maximum Gasteiger partial charge on any atom is 0.433 e. The molecular formula is C14H15F3N2O. The summed E-state index contributed by atoms with van der Waals surface area (Å²) in [6.45, 7) is 1.97. The van der Waals surface area contributed by atoms with Crippen LogP contribution in [0.3, 0.4) is 0 Å². The Morgan fingerprint density at radius 1 is 1.20 bits per heavy atom. The van der Waals surface area contributed by atoms with Gasteiger partial charge in [0.25, 0.3) is 0 Å². The molecule has 0 amide bonds. The molecule has 1 heterocycles. The molecule has 2 rings (SSSR count). The van der Waals surface area contributed by atoms with E-state index in [0.29, 0.717) is 0 Å². The third-order valence-corrected chi connectivity index (χ3v) is 3.17. The van der Waals surface area contributed by atoms with Crippen LogP contribution in [0.1, 0.15) is 29.3 Å². The van der Waals surface area contributed by atoms with Crippen molar-refractivity contribution in [3.8, 4) is 5.88 Å². The number of H-pyrrole nitrogens is 1. The van der Waals surface area contributed by atoms with Crippen molar-refractivity contribution < 1.29 is 17.9 Å². The fourth-order valence-electron chi connectivity index (χ4n) is 2.18. The zero-order valence-corrected chi connectivity index (χ0v) is 11.2. The Balaban J connectivity index is 2.44. The lowest BCUT2D eigenvalue weighted by Crippen LogP contribution is -2.10. The normalized spacial score (nSPS) is 11.7. The Morgan fingerprint density at radius 3 is 2.40 bits per heavy atom. The molecule has 0 atom stereocenters. The first-order valence-electron chi connectivity index (χ1n) is 6.22. The van der Waals surface area contributed by atoms with Crippen molar-refractivity contribution in [2.45, 2.75) is 25.9 Å². The Hall–Kier alpha value is -1.98. The largest absolute Gasteiger partial charge is 0.480 e. The molecule has 0 aliphatic carbocycles. The highest BCUT2D eigenvalue weighted by atomic mass is 19.4. The molecule has 1 N–H and O–H groups in total. The maximum atomic E-state index is 13.0. The van der Waals surface area contributed by atoms with Gasteiger partial charge in [0.2, 0.25) is 5.88 Å². The minimum atomic E-state index is -4.47. The SMILES string of the molecule is CCc1ccccc1Cc1c(OC)n[nH]c1C(F)(F)F. The van der Waals surface area contributed by atoms with E-state index in [0.717, 1.165) is 17.5 Å². The minimum absolute atomic E-state index is 0.0109. The molecule has 0 saturated carbocycles. The van der Waals surface area contributed by atoms with E-state index in [1.807, 2.05) is 36.3 Å². The highest BCUT2D eigenvalue weighted by Crippen LogP contribution is 2.35. The van der Waals surface area contributed by atoms with Crippen LogP contribution in [0.2, 0.25) is 0 Å². The second kappa shape index (κ2) is 5.56. The summed E-state index contributed by atoms with van der Waals surface area (Å²) in [7, 11) is 1.31. The molecule has 6 heteroatoms. The lowest BCUT2D eigenvalue weighted by molar-refractivity contribution is -0.141. The summed E-state index contributed by atoms with van der Waals surface area (Å²) in [5.74, 6) is -0.0109. The zero-order chi connectivity index (χ0) is 14.8. The second-order valence-corrected chi connectivity index (χ2v) is 4.38. The van der Waals surface area contributed by atoms with Crippen LogP contribution in [0, 0.1) is 0 Å². The van der Waals surface area contributed by atoms with Crippen LogP contribution >= 0.6 is 0 Å². The summed E-state index contributed by atoms with van der Waals surface area (Å²) in [4.78, 5) is 0. The summed E-state index contributed by atoms with van der Waals surface area (Å²) in [6, 6.07) is 7.43. The van der Waals surface area contributed by atoms with E-state index >= 15 is 0 Å². The topological polar surface area (TPSA) is 37.9 Å². The number of aromatic amines is 1. The van der Waals surface area contributed by atoms with Gasteiger partial charge in [0.05, 0.1) is 12.7 Å². The number of nitrogens with one attached hydrogen (secondary N) is 1. The Bertz CT molecular complexity index is 590. The van der Waals surface area contributed by atoms with Gasteiger partial charge in [0.15, 0.2) is 0 Å². The standard InChI is InChI=1S/C14H15F3N2O/c1-3-9-6-4-5-7-10(9)8-11-12(14(15,16)17)18-19-13(11)20-2/h4-7H,3,8H2,1-2H3,(H,18,19). The Morgan fingerprint density at radius 2 is 1.85 bits per heavy atom. The average molecular weight is 284 g/mol. The number of benzene rings is 1. The van der Waals surface area contributed by atoms with Gasteiger partial charge in [0.1, 0.15) is 5.69 Å². The number of nitrogens with zero attached hydrogens (tertiary/aromatic N) is 1. The first kappa shape index (κ1) is 14.4. The van der Waals surface area contributed by atoms with E-state index in [9.17, 15) is 13.2 Å². The van der Waals surface area contributed by atoms with E-state index in [1.165, 1.54) is 7.11 Å². The fourth-order valence-corrected chi connectivity index (χ4v) is 2.18. The highest BCUT2D eigenvalue weighted by Gasteiger charge is 2.37. The number of alkyl halides is 3. The van der Waals surface area contributed by atoms with Crippen LogP contribution in [0.15, 0.2) is 24.3 Å². The third kappa shape index (κ3) is 2.79. The Labute approximate surface area is 114 Å². The predicted molar refractivity (Wildman–Crippen MR) is 68.8 cm³/mol.